The second-order valence-corrected chi connectivity index (χ2v) is 6.03. The molecule has 0 unspecified atom stereocenters. The lowest BCUT2D eigenvalue weighted by Crippen LogP contribution is -2.02. The van der Waals surface area contributed by atoms with E-state index in [1.807, 2.05) is 0 Å². The molecule has 4 nitrogen and oxygen atoms in total. The van der Waals surface area contributed by atoms with Crippen molar-refractivity contribution in [2.45, 2.75) is 4.90 Å². The average molecular weight is 302 g/mol. The maximum Gasteiger partial charge on any atom is 0.251 e. The van der Waals surface area contributed by atoms with Gasteiger partial charge in [-0.3, -0.25) is 0 Å². The molecule has 0 aliphatic heterocycles. The van der Waals surface area contributed by atoms with E-state index in [1.54, 1.807) is 0 Å². The smallest absolute Gasteiger partial charge is 0.251 e. The Morgan fingerprint density at radius 3 is 2.20 bits per heavy atom. The van der Waals surface area contributed by atoms with Gasteiger partial charge in [-0.2, -0.15) is 9.37 Å². The highest BCUT2D eigenvalue weighted by Crippen LogP contribution is 2.21. The molecular weight excluding hydrogens is 293 g/mol. The van der Waals surface area contributed by atoms with Crippen molar-refractivity contribution in [1.82, 2.24) is 4.98 Å². The molecule has 2 rings (SSSR count). The summed E-state index contributed by atoms with van der Waals surface area (Å²) in [5, 5.41) is 2.43. The average Bonchev–Trinajstić information content (AvgIpc) is 2.35. The first kappa shape index (κ1) is 14.3. The summed E-state index contributed by atoms with van der Waals surface area (Å²) in [6.45, 7) is 0. The van der Waals surface area contributed by atoms with Crippen LogP contribution in [-0.2, 0) is 9.84 Å². The van der Waals surface area contributed by atoms with E-state index < -0.39 is 33.2 Å². The summed E-state index contributed by atoms with van der Waals surface area (Å²) in [5.41, 5.74) is 0.287. The number of pyridine rings is 1. The van der Waals surface area contributed by atoms with Crippen molar-refractivity contribution in [3.05, 3.63) is 47.9 Å². The van der Waals surface area contributed by atoms with Crippen molar-refractivity contribution >= 4 is 21.3 Å². The molecule has 0 saturated carbocycles. The molecule has 0 bridgehead atoms. The van der Waals surface area contributed by atoms with E-state index >= 15 is 0 Å². The van der Waals surface area contributed by atoms with E-state index in [9.17, 15) is 21.6 Å². The Bertz CT molecular complexity index is 746. The predicted octanol–water partition coefficient (Wildman–Crippen LogP) is 2.65. The SMILES string of the molecule is CS(=O)(=O)c1ccc(Nc2nc(F)c(F)cc2F)cc1. The fraction of sp³-hybridized carbons (Fsp3) is 0.0833. The number of hydrogen-bond donors (Lipinski definition) is 1. The number of nitrogens with zero attached hydrogens (tertiary/aromatic N) is 1. The topological polar surface area (TPSA) is 59.1 Å². The highest BCUT2D eigenvalue weighted by Gasteiger charge is 2.12. The molecule has 0 amide bonds. The zero-order valence-corrected chi connectivity index (χ0v) is 11.0. The van der Waals surface area contributed by atoms with E-state index in [0.29, 0.717) is 6.07 Å². The molecule has 0 aliphatic carbocycles. The molecular formula is C12H9F3N2O2S. The van der Waals surface area contributed by atoms with Crippen LogP contribution in [0.25, 0.3) is 0 Å². The van der Waals surface area contributed by atoms with Crippen LogP contribution in [0, 0.1) is 17.6 Å². The van der Waals surface area contributed by atoms with Gasteiger partial charge in [-0.25, -0.2) is 17.2 Å². The Balaban J connectivity index is 2.29. The van der Waals surface area contributed by atoms with Crippen molar-refractivity contribution in [1.29, 1.82) is 0 Å². The van der Waals surface area contributed by atoms with Crippen molar-refractivity contribution < 1.29 is 21.6 Å². The van der Waals surface area contributed by atoms with Crippen LogP contribution < -0.4 is 5.32 Å². The second kappa shape index (κ2) is 5.12. The fourth-order valence-electron chi connectivity index (χ4n) is 1.45. The summed E-state index contributed by atoms with van der Waals surface area (Å²) in [6, 6.07) is 5.69. The van der Waals surface area contributed by atoms with Crippen LogP contribution in [-0.4, -0.2) is 19.7 Å². The third kappa shape index (κ3) is 3.08. The van der Waals surface area contributed by atoms with Gasteiger partial charge in [-0.1, -0.05) is 0 Å². The molecule has 0 radical (unpaired) electrons. The lowest BCUT2D eigenvalue weighted by atomic mass is 10.3. The van der Waals surface area contributed by atoms with E-state index in [1.165, 1.54) is 24.3 Å². The van der Waals surface area contributed by atoms with Crippen molar-refractivity contribution in [3.8, 4) is 0 Å². The largest absolute Gasteiger partial charge is 0.338 e. The second-order valence-electron chi connectivity index (χ2n) is 4.01. The Morgan fingerprint density at radius 1 is 1.05 bits per heavy atom. The van der Waals surface area contributed by atoms with Gasteiger partial charge < -0.3 is 5.32 Å². The molecule has 0 saturated heterocycles. The molecule has 0 aliphatic rings. The van der Waals surface area contributed by atoms with Crippen LogP contribution in [0.3, 0.4) is 0 Å². The standard InChI is InChI=1S/C12H9F3N2O2S/c1-20(18,19)8-4-2-7(3-5-8)16-12-10(14)6-9(13)11(15)17-12/h2-6H,1H3,(H,16,17). The number of anilines is 2. The molecule has 1 N–H and O–H groups in total. The molecule has 8 heteroatoms. The first-order chi connectivity index (χ1) is 9.27. The maximum atomic E-state index is 13.4. The van der Waals surface area contributed by atoms with Crippen LogP contribution >= 0.6 is 0 Å². The van der Waals surface area contributed by atoms with Crippen molar-refractivity contribution in [2.24, 2.45) is 0 Å². The number of benzene rings is 1. The molecule has 1 aromatic heterocycles. The summed E-state index contributed by atoms with van der Waals surface area (Å²) in [7, 11) is -3.34. The number of hydrogen-bond acceptors (Lipinski definition) is 4. The van der Waals surface area contributed by atoms with Gasteiger partial charge in [0.25, 0.3) is 5.95 Å². The van der Waals surface area contributed by atoms with Gasteiger partial charge in [0.15, 0.2) is 27.3 Å². The molecule has 2 aromatic rings. The van der Waals surface area contributed by atoms with Crippen molar-refractivity contribution in [2.75, 3.05) is 11.6 Å². The number of nitrogens with one attached hydrogen (secondary N) is 1. The Hall–Kier alpha value is -2.09. The van der Waals surface area contributed by atoms with Gasteiger partial charge in [0, 0.05) is 18.0 Å². The molecule has 0 fully saturated rings. The number of sulfone groups is 1. The van der Waals surface area contributed by atoms with E-state index in [2.05, 4.69) is 10.3 Å². The highest BCUT2D eigenvalue weighted by molar-refractivity contribution is 7.90. The van der Waals surface area contributed by atoms with Gasteiger partial charge in [0.1, 0.15) is 0 Å². The Morgan fingerprint density at radius 2 is 1.65 bits per heavy atom. The van der Waals surface area contributed by atoms with Crippen LogP contribution in [0.5, 0.6) is 0 Å². The van der Waals surface area contributed by atoms with Crippen LogP contribution in [0.15, 0.2) is 35.2 Å². The van der Waals surface area contributed by atoms with E-state index in [0.717, 1.165) is 6.26 Å². The summed E-state index contributed by atoms with van der Waals surface area (Å²) in [4.78, 5) is 3.18. The Kier molecular flexibility index (Phi) is 3.67. The fourth-order valence-corrected chi connectivity index (χ4v) is 2.08. The van der Waals surface area contributed by atoms with Crippen molar-refractivity contribution in [3.63, 3.8) is 0 Å². The van der Waals surface area contributed by atoms with Crippen LogP contribution in [0.2, 0.25) is 0 Å². The number of aromatic nitrogens is 1. The molecule has 1 heterocycles. The highest BCUT2D eigenvalue weighted by atomic mass is 32.2. The van der Waals surface area contributed by atoms with Gasteiger partial charge in [-0.05, 0) is 24.3 Å². The lowest BCUT2D eigenvalue weighted by molar-refractivity contribution is 0.467. The van der Waals surface area contributed by atoms with Gasteiger partial charge in [0.2, 0.25) is 0 Å². The quantitative estimate of drug-likeness (QED) is 0.886. The first-order valence-corrected chi connectivity index (χ1v) is 7.25. The molecule has 106 valence electrons. The lowest BCUT2D eigenvalue weighted by Gasteiger charge is -2.07. The normalized spacial score (nSPS) is 11.4. The number of halogens is 3. The van der Waals surface area contributed by atoms with Gasteiger partial charge in [0.05, 0.1) is 4.90 Å². The minimum absolute atomic E-state index is 0.0850. The van der Waals surface area contributed by atoms with E-state index in [-0.39, 0.29) is 10.6 Å². The summed E-state index contributed by atoms with van der Waals surface area (Å²) in [6.07, 6.45) is 1.05. The minimum atomic E-state index is -3.34. The minimum Gasteiger partial charge on any atom is -0.338 e. The summed E-state index contributed by atoms with van der Waals surface area (Å²) >= 11 is 0. The Labute approximate surface area is 113 Å². The van der Waals surface area contributed by atoms with Gasteiger partial charge >= 0.3 is 0 Å². The molecule has 0 atom stereocenters. The van der Waals surface area contributed by atoms with Gasteiger partial charge in [-0.15, -0.1) is 0 Å². The third-order valence-corrected chi connectivity index (χ3v) is 3.56. The summed E-state index contributed by atoms with van der Waals surface area (Å²) < 4.78 is 61.5. The first-order valence-electron chi connectivity index (χ1n) is 5.36. The third-order valence-electron chi connectivity index (χ3n) is 2.43. The number of rotatable bonds is 3. The zero-order valence-electron chi connectivity index (χ0n) is 10.2. The van der Waals surface area contributed by atoms with Crippen LogP contribution in [0.4, 0.5) is 24.7 Å². The molecule has 20 heavy (non-hydrogen) atoms. The zero-order chi connectivity index (χ0) is 14.9. The molecule has 0 spiro atoms. The van der Waals surface area contributed by atoms with Crippen LogP contribution in [0.1, 0.15) is 0 Å². The van der Waals surface area contributed by atoms with E-state index in [4.69, 9.17) is 0 Å². The molecule has 1 aromatic carbocycles. The predicted molar refractivity (Wildman–Crippen MR) is 66.9 cm³/mol. The monoisotopic (exact) mass is 302 g/mol. The summed E-state index contributed by atoms with van der Waals surface area (Å²) in [5.74, 6) is -4.37. The maximum absolute atomic E-state index is 13.4.